The van der Waals surface area contributed by atoms with E-state index < -0.39 is 10.0 Å². The SMILES string of the molecule is COc1ccccc1C=CC=NNC(=O)CCc1ccc(S(=O)(=O)N2CCOCC2)cc1. The monoisotopic (exact) mass is 457 g/mol. The third-order valence-electron chi connectivity index (χ3n) is 4.94. The van der Waals surface area contributed by atoms with E-state index >= 15 is 0 Å². The number of morpholine rings is 1. The molecule has 0 radical (unpaired) electrons. The highest BCUT2D eigenvalue weighted by atomic mass is 32.2. The Labute approximate surface area is 188 Å². The molecule has 0 unspecified atom stereocenters. The highest BCUT2D eigenvalue weighted by molar-refractivity contribution is 7.89. The van der Waals surface area contributed by atoms with Crippen LogP contribution >= 0.6 is 0 Å². The average molecular weight is 458 g/mol. The van der Waals surface area contributed by atoms with Crippen molar-refractivity contribution in [3.05, 3.63) is 65.7 Å². The first-order valence-corrected chi connectivity index (χ1v) is 11.7. The number of benzene rings is 2. The molecule has 32 heavy (non-hydrogen) atoms. The van der Waals surface area contributed by atoms with Gasteiger partial charge in [-0.2, -0.15) is 9.41 Å². The zero-order chi connectivity index (χ0) is 22.8. The van der Waals surface area contributed by atoms with Gasteiger partial charge in [-0.25, -0.2) is 13.8 Å². The minimum Gasteiger partial charge on any atom is -0.496 e. The molecular formula is C23H27N3O5S. The number of nitrogens with zero attached hydrogens (tertiary/aromatic N) is 2. The topological polar surface area (TPSA) is 97.3 Å². The van der Waals surface area contributed by atoms with Gasteiger partial charge in [0.05, 0.1) is 25.2 Å². The number of aryl methyl sites for hydroxylation is 1. The summed E-state index contributed by atoms with van der Waals surface area (Å²) in [6.07, 6.45) is 5.77. The molecule has 0 saturated carbocycles. The molecule has 1 amide bonds. The summed E-state index contributed by atoms with van der Waals surface area (Å²) in [7, 11) is -1.90. The maximum absolute atomic E-state index is 12.6. The van der Waals surface area contributed by atoms with Gasteiger partial charge in [-0.3, -0.25) is 4.79 Å². The van der Waals surface area contributed by atoms with Crippen molar-refractivity contribution < 1.29 is 22.7 Å². The number of hydrazone groups is 1. The van der Waals surface area contributed by atoms with Crippen LogP contribution in [0.25, 0.3) is 6.08 Å². The number of amides is 1. The van der Waals surface area contributed by atoms with Gasteiger partial charge in [0.25, 0.3) is 0 Å². The van der Waals surface area contributed by atoms with Crippen molar-refractivity contribution in [3.8, 4) is 5.75 Å². The van der Waals surface area contributed by atoms with Gasteiger partial charge in [0.1, 0.15) is 5.75 Å². The predicted molar refractivity (Wildman–Crippen MR) is 123 cm³/mol. The van der Waals surface area contributed by atoms with Crippen LogP contribution in [0.1, 0.15) is 17.5 Å². The van der Waals surface area contributed by atoms with Crippen LogP contribution in [-0.2, 0) is 26.0 Å². The van der Waals surface area contributed by atoms with Crippen molar-refractivity contribution in [2.45, 2.75) is 17.7 Å². The summed E-state index contributed by atoms with van der Waals surface area (Å²) in [6, 6.07) is 14.2. The van der Waals surface area contributed by atoms with E-state index in [0.717, 1.165) is 16.9 Å². The molecule has 8 nitrogen and oxygen atoms in total. The van der Waals surface area contributed by atoms with Gasteiger partial charge in [0.15, 0.2) is 0 Å². The molecule has 170 valence electrons. The van der Waals surface area contributed by atoms with Gasteiger partial charge >= 0.3 is 0 Å². The van der Waals surface area contributed by atoms with E-state index in [1.54, 1.807) is 37.5 Å². The summed E-state index contributed by atoms with van der Waals surface area (Å²) in [5.41, 5.74) is 4.27. The van der Waals surface area contributed by atoms with Crippen LogP contribution in [-0.4, -0.2) is 58.3 Å². The maximum atomic E-state index is 12.6. The van der Waals surface area contributed by atoms with Gasteiger partial charge in [0, 0.05) is 31.3 Å². The largest absolute Gasteiger partial charge is 0.496 e. The Hall–Kier alpha value is -3.01. The summed E-state index contributed by atoms with van der Waals surface area (Å²) in [5.74, 6) is 0.530. The molecule has 0 aliphatic carbocycles. The molecule has 9 heteroatoms. The summed E-state index contributed by atoms with van der Waals surface area (Å²) in [4.78, 5) is 12.2. The Morgan fingerprint density at radius 1 is 1.16 bits per heavy atom. The Morgan fingerprint density at radius 2 is 1.88 bits per heavy atom. The van der Waals surface area contributed by atoms with Crippen LogP contribution in [0.3, 0.4) is 0 Å². The smallest absolute Gasteiger partial charge is 0.243 e. The molecule has 3 rings (SSSR count). The fourth-order valence-electron chi connectivity index (χ4n) is 3.18. The molecule has 1 N–H and O–H groups in total. The lowest BCUT2D eigenvalue weighted by atomic mass is 10.1. The minimum atomic E-state index is -3.51. The first kappa shape index (κ1) is 23.6. The number of nitrogens with one attached hydrogen (secondary N) is 1. The van der Waals surface area contributed by atoms with Crippen LogP contribution in [0, 0.1) is 0 Å². The summed E-state index contributed by atoms with van der Waals surface area (Å²) >= 11 is 0. The molecule has 2 aromatic rings. The fourth-order valence-corrected chi connectivity index (χ4v) is 4.59. The normalized spacial score (nSPS) is 15.3. The van der Waals surface area contributed by atoms with Crippen LogP contribution in [0.5, 0.6) is 5.75 Å². The molecule has 0 aromatic heterocycles. The van der Waals surface area contributed by atoms with Crippen LogP contribution in [0.2, 0.25) is 0 Å². The lowest BCUT2D eigenvalue weighted by molar-refractivity contribution is -0.121. The van der Waals surface area contributed by atoms with E-state index in [0.29, 0.717) is 32.7 Å². The van der Waals surface area contributed by atoms with Crippen molar-refractivity contribution in [2.75, 3.05) is 33.4 Å². The van der Waals surface area contributed by atoms with Crippen molar-refractivity contribution in [1.29, 1.82) is 0 Å². The Bertz CT molecular complexity index is 1060. The fraction of sp³-hybridized carbons (Fsp3) is 0.304. The Kier molecular flexibility index (Phi) is 8.55. The number of methoxy groups -OCH3 is 1. The molecule has 1 heterocycles. The number of carbonyl (C=O) groups is 1. The second-order valence-corrected chi connectivity index (χ2v) is 9.01. The lowest BCUT2D eigenvalue weighted by Crippen LogP contribution is -2.40. The highest BCUT2D eigenvalue weighted by Gasteiger charge is 2.26. The first-order chi connectivity index (χ1) is 15.5. The van der Waals surface area contributed by atoms with Gasteiger partial charge < -0.3 is 9.47 Å². The lowest BCUT2D eigenvalue weighted by Gasteiger charge is -2.26. The molecule has 2 aromatic carbocycles. The van der Waals surface area contributed by atoms with Crippen LogP contribution in [0.15, 0.2) is 64.6 Å². The third kappa shape index (κ3) is 6.49. The van der Waals surface area contributed by atoms with Crippen LogP contribution < -0.4 is 10.2 Å². The Balaban J connectivity index is 1.45. The number of hydrogen-bond donors (Lipinski definition) is 1. The maximum Gasteiger partial charge on any atom is 0.243 e. The zero-order valence-corrected chi connectivity index (χ0v) is 18.8. The minimum absolute atomic E-state index is 0.225. The number of allylic oxidation sites excluding steroid dienone is 1. The van der Waals surface area contributed by atoms with E-state index in [-0.39, 0.29) is 17.2 Å². The molecule has 1 aliphatic heterocycles. The number of hydrogen-bond acceptors (Lipinski definition) is 6. The van der Waals surface area contributed by atoms with E-state index in [1.165, 1.54) is 10.5 Å². The molecule has 0 atom stereocenters. The third-order valence-corrected chi connectivity index (χ3v) is 6.85. The number of para-hydroxylation sites is 1. The highest BCUT2D eigenvalue weighted by Crippen LogP contribution is 2.19. The van der Waals surface area contributed by atoms with Crippen molar-refractivity contribution in [1.82, 2.24) is 9.73 Å². The second-order valence-electron chi connectivity index (χ2n) is 7.07. The number of carbonyl (C=O) groups excluding carboxylic acids is 1. The molecule has 1 saturated heterocycles. The second kappa shape index (κ2) is 11.6. The van der Waals surface area contributed by atoms with Gasteiger partial charge in [-0.15, -0.1) is 0 Å². The average Bonchev–Trinajstić information content (AvgIpc) is 2.83. The summed E-state index contributed by atoms with van der Waals surface area (Å²) in [6.45, 7) is 1.54. The zero-order valence-electron chi connectivity index (χ0n) is 17.9. The van der Waals surface area contributed by atoms with Crippen LogP contribution in [0.4, 0.5) is 0 Å². The molecule has 0 bridgehead atoms. The first-order valence-electron chi connectivity index (χ1n) is 10.3. The van der Waals surface area contributed by atoms with E-state index in [9.17, 15) is 13.2 Å². The van der Waals surface area contributed by atoms with Crippen molar-refractivity contribution >= 4 is 28.2 Å². The standard InChI is InChI=1S/C23H27N3O5S/c1-30-22-7-3-2-5-20(22)6-4-14-24-25-23(27)13-10-19-8-11-21(12-9-19)32(28,29)26-15-17-31-18-16-26/h2-9,11-12,14H,10,13,15-18H2,1H3,(H,25,27). The quantitative estimate of drug-likeness (QED) is 0.461. The van der Waals surface area contributed by atoms with Gasteiger partial charge in [-0.1, -0.05) is 30.3 Å². The number of sulfonamides is 1. The van der Waals surface area contributed by atoms with Crippen molar-refractivity contribution in [3.63, 3.8) is 0 Å². The van der Waals surface area contributed by atoms with E-state index in [4.69, 9.17) is 9.47 Å². The predicted octanol–water partition coefficient (Wildman–Crippen LogP) is 2.46. The molecule has 1 aliphatic rings. The summed E-state index contributed by atoms with van der Waals surface area (Å²) < 4.78 is 37.2. The summed E-state index contributed by atoms with van der Waals surface area (Å²) in [5, 5.41) is 3.91. The number of ether oxygens (including phenoxy) is 2. The van der Waals surface area contributed by atoms with Crippen molar-refractivity contribution in [2.24, 2.45) is 5.10 Å². The molecular weight excluding hydrogens is 430 g/mol. The molecule has 1 fully saturated rings. The van der Waals surface area contributed by atoms with Gasteiger partial charge in [-0.05, 0) is 42.3 Å². The van der Waals surface area contributed by atoms with E-state index in [1.807, 2.05) is 30.3 Å². The Morgan fingerprint density at radius 3 is 2.59 bits per heavy atom. The molecule has 0 spiro atoms. The number of rotatable bonds is 9. The van der Waals surface area contributed by atoms with E-state index in [2.05, 4.69) is 10.5 Å². The van der Waals surface area contributed by atoms with Gasteiger partial charge in [0.2, 0.25) is 15.9 Å².